The van der Waals surface area contributed by atoms with Gasteiger partial charge in [-0.2, -0.15) is 0 Å². The second kappa shape index (κ2) is 7.88. The number of hydrogen-bond donors (Lipinski definition) is 2. The SMILES string of the molecule is C[C@@H](c1cccnc1)n1cc(C23CCC(CC2)N3C(=O)CCCn2c(=O)[nH][nH]c2=O)nn1. The van der Waals surface area contributed by atoms with Crippen LogP contribution in [0.1, 0.15) is 62.7 Å². The van der Waals surface area contributed by atoms with Crippen LogP contribution >= 0.6 is 0 Å². The van der Waals surface area contributed by atoms with Crippen LogP contribution in [0.2, 0.25) is 0 Å². The fourth-order valence-electron chi connectivity index (χ4n) is 5.25. The van der Waals surface area contributed by atoms with Gasteiger partial charge in [-0.1, -0.05) is 11.3 Å². The Labute approximate surface area is 183 Å². The number of pyridine rings is 1. The molecule has 0 aliphatic carbocycles. The topological polar surface area (TPSA) is 135 Å². The maximum atomic E-state index is 13.2. The summed E-state index contributed by atoms with van der Waals surface area (Å²) in [6.45, 7) is 2.25. The van der Waals surface area contributed by atoms with Crippen LogP contribution in [-0.2, 0) is 16.9 Å². The highest BCUT2D eigenvalue weighted by Gasteiger charge is 2.56. The first kappa shape index (κ1) is 20.4. The van der Waals surface area contributed by atoms with Crippen LogP contribution < -0.4 is 11.4 Å². The molecule has 1 amide bonds. The molecule has 1 atom stereocenters. The van der Waals surface area contributed by atoms with Gasteiger partial charge < -0.3 is 4.90 Å². The number of aromatic nitrogens is 7. The molecule has 2 bridgehead atoms. The van der Waals surface area contributed by atoms with Crippen molar-refractivity contribution in [2.75, 3.05) is 0 Å². The number of carbonyl (C=O) groups excluding carboxylic acids is 1. The molecule has 2 fully saturated rings. The molecule has 11 heteroatoms. The van der Waals surface area contributed by atoms with Gasteiger partial charge in [-0.05, 0) is 50.7 Å². The van der Waals surface area contributed by atoms with Crippen molar-refractivity contribution >= 4 is 5.91 Å². The van der Waals surface area contributed by atoms with E-state index in [9.17, 15) is 14.4 Å². The van der Waals surface area contributed by atoms with E-state index in [1.165, 1.54) is 0 Å². The van der Waals surface area contributed by atoms with Gasteiger partial charge in [0.15, 0.2) is 0 Å². The first-order chi connectivity index (χ1) is 15.5. The average Bonchev–Trinajstić information content (AvgIpc) is 3.59. The number of aromatic amines is 2. The number of rotatable bonds is 7. The summed E-state index contributed by atoms with van der Waals surface area (Å²) in [5.74, 6) is 0.0415. The number of hydrogen-bond acceptors (Lipinski definition) is 6. The minimum atomic E-state index is -0.487. The van der Waals surface area contributed by atoms with E-state index < -0.39 is 16.9 Å². The highest BCUT2D eigenvalue weighted by molar-refractivity contribution is 5.78. The normalized spacial score (nSPS) is 23.0. The van der Waals surface area contributed by atoms with Crippen molar-refractivity contribution < 1.29 is 4.79 Å². The van der Waals surface area contributed by atoms with E-state index in [4.69, 9.17) is 0 Å². The minimum Gasteiger partial charge on any atom is -0.328 e. The molecule has 5 rings (SSSR count). The lowest BCUT2D eigenvalue weighted by molar-refractivity contribution is -0.136. The summed E-state index contributed by atoms with van der Waals surface area (Å²) < 4.78 is 2.91. The van der Waals surface area contributed by atoms with E-state index in [1.54, 1.807) is 6.20 Å². The van der Waals surface area contributed by atoms with Gasteiger partial charge in [0, 0.05) is 31.4 Å². The van der Waals surface area contributed by atoms with Crippen molar-refractivity contribution in [2.24, 2.45) is 0 Å². The smallest absolute Gasteiger partial charge is 0.328 e. The molecule has 11 nitrogen and oxygen atoms in total. The average molecular weight is 438 g/mol. The number of nitrogens with zero attached hydrogens (tertiary/aromatic N) is 6. The first-order valence-electron chi connectivity index (χ1n) is 11.0. The van der Waals surface area contributed by atoms with Crippen LogP contribution in [0.15, 0.2) is 40.3 Å². The van der Waals surface area contributed by atoms with Gasteiger partial charge in [0.2, 0.25) is 5.91 Å². The monoisotopic (exact) mass is 438 g/mol. The third kappa shape index (κ3) is 3.28. The zero-order chi connectivity index (χ0) is 22.3. The third-order valence-corrected chi connectivity index (χ3v) is 6.97. The molecule has 32 heavy (non-hydrogen) atoms. The number of H-pyrrole nitrogens is 2. The first-order valence-corrected chi connectivity index (χ1v) is 11.0. The van der Waals surface area contributed by atoms with Gasteiger partial charge in [-0.15, -0.1) is 5.10 Å². The molecule has 2 aliphatic heterocycles. The Bertz CT molecular complexity index is 1190. The fraction of sp³-hybridized carbons (Fsp3) is 0.524. The number of carbonyl (C=O) groups is 1. The van der Waals surface area contributed by atoms with Gasteiger partial charge in [-0.3, -0.25) is 9.78 Å². The van der Waals surface area contributed by atoms with Crippen molar-refractivity contribution in [3.63, 3.8) is 0 Å². The molecule has 0 radical (unpaired) electrons. The summed E-state index contributed by atoms with van der Waals surface area (Å²) in [6, 6.07) is 4.11. The van der Waals surface area contributed by atoms with E-state index in [1.807, 2.05) is 41.0 Å². The molecular weight excluding hydrogens is 412 g/mol. The fourth-order valence-corrected chi connectivity index (χ4v) is 5.25. The maximum absolute atomic E-state index is 13.2. The third-order valence-electron chi connectivity index (χ3n) is 6.97. The largest absolute Gasteiger partial charge is 0.344 e. The highest BCUT2D eigenvalue weighted by Crippen LogP contribution is 2.52. The second-order valence-electron chi connectivity index (χ2n) is 8.69. The van der Waals surface area contributed by atoms with Crippen LogP contribution in [0.4, 0.5) is 0 Å². The quantitative estimate of drug-likeness (QED) is 0.563. The van der Waals surface area contributed by atoms with Crippen LogP contribution in [0.25, 0.3) is 0 Å². The summed E-state index contributed by atoms with van der Waals surface area (Å²) in [6.07, 6.45) is 9.87. The number of fused-ring (bicyclic) bond motifs is 2. The minimum absolute atomic E-state index is 0.0122. The maximum Gasteiger partial charge on any atom is 0.344 e. The predicted molar refractivity (Wildman–Crippen MR) is 114 cm³/mol. The summed E-state index contributed by atoms with van der Waals surface area (Å²) in [7, 11) is 0. The molecule has 2 aliphatic rings. The van der Waals surface area contributed by atoms with Crippen molar-refractivity contribution in [2.45, 2.75) is 69.6 Å². The molecule has 0 unspecified atom stereocenters. The van der Waals surface area contributed by atoms with E-state index in [0.29, 0.717) is 6.42 Å². The highest BCUT2D eigenvalue weighted by atomic mass is 16.2. The van der Waals surface area contributed by atoms with Gasteiger partial charge in [0.05, 0.1) is 17.8 Å². The standard InChI is InChI=1S/C21H26N8O3/c1-14(15-4-2-10-22-12-15)28-13-17(23-26-28)21-8-6-16(7-9-21)29(21)18(30)5-3-11-27-19(31)24-25-20(27)32/h2,4,10,12-14,16H,3,5-9,11H2,1H3,(H,24,31)(H,25,32)/t14-,16?,21?/m0/s1. The molecular formula is C21H26N8O3. The number of amides is 1. The van der Waals surface area contributed by atoms with Crippen LogP contribution in [0.3, 0.4) is 0 Å². The van der Waals surface area contributed by atoms with Crippen LogP contribution in [0, 0.1) is 0 Å². The van der Waals surface area contributed by atoms with E-state index in [2.05, 4.69) is 25.5 Å². The molecule has 168 valence electrons. The Morgan fingerprint density at radius 3 is 2.69 bits per heavy atom. The lowest BCUT2D eigenvalue weighted by Crippen LogP contribution is -2.43. The molecule has 0 aromatic carbocycles. The van der Waals surface area contributed by atoms with Crippen molar-refractivity contribution in [3.05, 3.63) is 62.9 Å². The zero-order valence-electron chi connectivity index (χ0n) is 17.9. The zero-order valence-corrected chi connectivity index (χ0v) is 17.9. The Balaban J connectivity index is 1.32. The van der Waals surface area contributed by atoms with E-state index in [0.717, 1.165) is 41.5 Å². The molecule has 2 N–H and O–H groups in total. The van der Waals surface area contributed by atoms with Crippen LogP contribution in [-0.4, -0.2) is 51.6 Å². The molecule has 2 saturated heterocycles. The Morgan fingerprint density at radius 1 is 1.25 bits per heavy atom. The van der Waals surface area contributed by atoms with Crippen molar-refractivity contribution in [1.29, 1.82) is 0 Å². The summed E-state index contributed by atoms with van der Waals surface area (Å²) in [5, 5.41) is 13.4. The van der Waals surface area contributed by atoms with Crippen LogP contribution in [0.5, 0.6) is 0 Å². The molecule has 3 aromatic heterocycles. The van der Waals surface area contributed by atoms with Gasteiger partial charge in [0.1, 0.15) is 5.69 Å². The molecule has 0 saturated carbocycles. The number of nitrogens with one attached hydrogen (secondary N) is 2. The summed E-state index contributed by atoms with van der Waals surface area (Å²) in [4.78, 5) is 42.7. The summed E-state index contributed by atoms with van der Waals surface area (Å²) in [5.41, 5.74) is 0.482. The Hall–Kier alpha value is -3.50. The molecule has 5 heterocycles. The van der Waals surface area contributed by atoms with E-state index in [-0.39, 0.29) is 31.0 Å². The van der Waals surface area contributed by atoms with Gasteiger partial charge >= 0.3 is 11.4 Å². The molecule has 3 aromatic rings. The van der Waals surface area contributed by atoms with Crippen molar-refractivity contribution in [1.82, 2.24) is 39.6 Å². The lowest BCUT2D eigenvalue weighted by Gasteiger charge is -2.33. The second-order valence-corrected chi connectivity index (χ2v) is 8.69. The molecule has 0 spiro atoms. The van der Waals surface area contributed by atoms with Crippen molar-refractivity contribution in [3.8, 4) is 0 Å². The van der Waals surface area contributed by atoms with E-state index >= 15 is 0 Å². The Morgan fingerprint density at radius 2 is 2.00 bits per heavy atom. The predicted octanol–water partition coefficient (Wildman–Crippen LogP) is 0.921. The lowest BCUT2D eigenvalue weighted by atomic mass is 9.85. The summed E-state index contributed by atoms with van der Waals surface area (Å²) >= 11 is 0. The Kier molecular flexibility index (Phi) is 5.03. The van der Waals surface area contributed by atoms with Gasteiger partial charge in [-0.25, -0.2) is 29.0 Å². The van der Waals surface area contributed by atoms with Gasteiger partial charge in [0.25, 0.3) is 0 Å².